The number of halogens is 3. The largest absolute Gasteiger partial charge is 0.573 e. The molecule has 3 aromatic rings. The first kappa shape index (κ1) is 19.5. The molecule has 146 valence electrons. The summed E-state index contributed by atoms with van der Waals surface area (Å²) in [6, 6.07) is 7.66. The molecule has 0 aliphatic carbocycles. The van der Waals surface area contributed by atoms with E-state index in [1.54, 1.807) is 41.2 Å². The van der Waals surface area contributed by atoms with Crippen molar-refractivity contribution in [3.8, 4) is 11.6 Å². The number of nitrogens with zero attached hydrogens (tertiary/aromatic N) is 3. The minimum atomic E-state index is -4.75. The summed E-state index contributed by atoms with van der Waals surface area (Å²) >= 11 is 0. The van der Waals surface area contributed by atoms with Crippen LogP contribution in [0.1, 0.15) is 19.8 Å². The van der Waals surface area contributed by atoms with Gasteiger partial charge in [-0.05, 0) is 36.8 Å². The number of alkyl halides is 3. The van der Waals surface area contributed by atoms with Gasteiger partial charge in [-0.25, -0.2) is 4.98 Å². The van der Waals surface area contributed by atoms with E-state index in [1.807, 2.05) is 6.08 Å². The van der Waals surface area contributed by atoms with E-state index >= 15 is 0 Å². The van der Waals surface area contributed by atoms with Gasteiger partial charge in [0, 0.05) is 29.5 Å². The molecule has 3 rings (SSSR count). The smallest absolute Gasteiger partial charge is 0.406 e. The average Bonchev–Trinajstić information content (AvgIpc) is 3.04. The van der Waals surface area contributed by atoms with E-state index in [0.717, 1.165) is 23.9 Å². The standard InChI is InChI=1S/C20H19F3N4O/c1-3-5-15(6-4-2)25-19-24-11-9-18(26-19)27-12-10-14-7-8-16(13-17(14)27)28-20(21,22)23/h3,5,7-13H,1,4,6H2,2H3,(H,24,25,26)/b15-5+. The molecule has 0 fully saturated rings. The molecule has 1 N–H and O–H groups in total. The van der Waals surface area contributed by atoms with Crippen LogP contribution >= 0.6 is 0 Å². The highest BCUT2D eigenvalue weighted by Gasteiger charge is 2.31. The van der Waals surface area contributed by atoms with Gasteiger partial charge in [-0.15, -0.1) is 13.2 Å². The minimum Gasteiger partial charge on any atom is -0.406 e. The van der Waals surface area contributed by atoms with E-state index < -0.39 is 6.36 Å². The van der Waals surface area contributed by atoms with E-state index in [9.17, 15) is 13.2 Å². The maximum absolute atomic E-state index is 12.5. The van der Waals surface area contributed by atoms with Crippen molar-refractivity contribution in [2.45, 2.75) is 26.1 Å². The summed E-state index contributed by atoms with van der Waals surface area (Å²) in [6.07, 6.45) is 3.87. The van der Waals surface area contributed by atoms with Gasteiger partial charge in [-0.2, -0.15) is 4.98 Å². The number of fused-ring (bicyclic) bond motifs is 1. The summed E-state index contributed by atoms with van der Waals surface area (Å²) in [5.41, 5.74) is 1.47. The highest BCUT2D eigenvalue weighted by molar-refractivity contribution is 5.83. The fraction of sp³-hybridized carbons (Fsp3) is 0.200. The zero-order valence-corrected chi connectivity index (χ0v) is 15.2. The van der Waals surface area contributed by atoms with Crippen molar-refractivity contribution < 1.29 is 17.9 Å². The van der Waals surface area contributed by atoms with E-state index in [0.29, 0.717) is 17.3 Å². The lowest BCUT2D eigenvalue weighted by Gasteiger charge is -2.11. The Balaban J connectivity index is 1.95. The lowest BCUT2D eigenvalue weighted by molar-refractivity contribution is -0.274. The third-order valence-electron chi connectivity index (χ3n) is 3.90. The van der Waals surface area contributed by atoms with E-state index in [2.05, 4.69) is 33.5 Å². The van der Waals surface area contributed by atoms with Crippen molar-refractivity contribution in [3.05, 3.63) is 67.2 Å². The number of hydrogen-bond donors (Lipinski definition) is 1. The summed E-state index contributed by atoms with van der Waals surface area (Å²) in [4.78, 5) is 8.69. The highest BCUT2D eigenvalue weighted by atomic mass is 19.4. The third kappa shape index (κ3) is 4.70. The zero-order valence-electron chi connectivity index (χ0n) is 15.2. The van der Waals surface area contributed by atoms with Crippen LogP contribution in [0.4, 0.5) is 19.1 Å². The van der Waals surface area contributed by atoms with Gasteiger partial charge in [0.2, 0.25) is 5.95 Å². The van der Waals surface area contributed by atoms with Crippen molar-refractivity contribution in [3.63, 3.8) is 0 Å². The number of nitrogens with one attached hydrogen (secondary N) is 1. The average molecular weight is 388 g/mol. The van der Waals surface area contributed by atoms with E-state index in [4.69, 9.17) is 0 Å². The quantitative estimate of drug-likeness (QED) is 0.535. The number of allylic oxidation sites excluding steroid dienone is 3. The summed E-state index contributed by atoms with van der Waals surface area (Å²) in [7, 11) is 0. The molecule has 0 radical (unpaired) electrons. The summed E-state index contributed by atoms with van der Waals surface area (Å²) in [6.45, 7) is 5.75. The minimum absolute atomic E-state index is 0.286. The molecule has 2 heterocycles. The monoisotopic (exact) mass is 388 g/mol. The molecular weight excluding hydrogens is 369 g/mol. The Morgan fingerprint density at radius 2 is 2.11 bits per heavy atom. The molecule has 0 aliphatic heterocycles. The SMILES string of the molecule is C=C/C=C(\CCC)Nc1nccc(-n2ccc3ccc(OC(F)(F)F)cc32)n1. The normalized spacial score (nSPS) is 12.2. The van der Waals surface area contributed by atoms with Gasteiger partial charge >= 0.3 is 6.36 Å². The molecule has 0 spiro atoms. The van der Waals surface area contributed by atoms with Crippen molar-refractivity contribution in [1.82, 2.24) is 14.5 Å². The Morgan fingerprint density at radius 3 is 2.82 bits per heavy atom. The molecule has 5 nitrogen and oxygen atoms in total. The van der Waals surface area contributed by atoms with Gasteiger partial charge in [-0.1, -0.05) is 26.0 Å². The molecular formula is C20H19F3N4O. The molecule has 0 bridgehead atoms. The summed E-state index contributed by atoms with van der Waals surface area (Å²) in [5.74, 6) is 0.626. The number of aromatic nitrogens is 3. The first-order valence-electron chi connectivity index (χ1n) is 8.68. The van der Waals surface area contributed by atoms with Crippen LogP contribution in [0, 0.1) is 0 Å². The van der Waals surface area contributed by atoms with Crippen molar-refractivity contribution in [2.75, 3.05) is 5.32 Å². The van der Waals surface area contributed by atoms with Gasteiger partial charge in [-0.3, -0.25) is 0 Å². The fourth-order valence-electron chi connectivity index (χ4n) is 2.79. The summed E-state index contributed by atoms with van der Waals surface area (Å²) in [5, 5.41) is 3.92. The van der Waals surface area contributed by atoms with Gasteiger partial charge in [0.15, 0.2) is 0 Å². The maximum Gasteiger partial charge on any atom is 0.573 e. The third-order valence-corrected chi connectivity index (χ3v) is 3.90. The first-order chi connectivity index (χ1) is 13.4. The van der Waals surface area contributed by atoms with Crippen LogP contribution < -0.4 is 10.1 Å². The number of hydrogen-bond acceptors (Lipinski definition) is 4. The molecule has 28 heavy (non-hydrogen) atoms. The molecule has 0 amide bonds. The molecule has 0 aliphatic rings. The number of rotatable bonds is 7. The molecule has 0 saturated heterocycles. The van der Waals surface area contributed by atoms with Gasteiger partial charge in [0.25, 0.3) is 0 Å². The molecule has 1 aromatic carbocycles. The van der Waals surface area contributed by atoms with Crippen LogP contribution in [0.2, 0.25) is 0 Å². The molecule has 0 atom stereocenters. The Hall–Kier alpha value is -3.29. The summed E-state index contributed by atoms with van der Waals surface area (Å²) < 4.78 is 43.3. The van der Waals surface area contributed by atoms with Crippen LogP contribution in [0.3, 0.4) is 0 Å². The Bertz CT molecular complexity index is 1010. The van der Waals surface area contributed by atoms with Crippen LogP contribution in [0.25, 0.3) is 16.7 Å². The Labute approximate surface area is 160 Å². The Kier molecular flexibility index (Phi) is 5.67. The van der Waals surface area contributed by atoms with E-state index in [1.165, 1.54) is 12.1 Å². The first-order valence-corrected chi connectivity index (χ1v) is 8.68. The second-order valence-corrected chi connectivity index (χ2v) is 6.00. The lowest BCUT2D eigenvalue weighted by atomic mass is 10.2. The molecule has 8 heteroatoms. The van der Waals surface area contributed by atoms with Gasteiger partial charge in [0.1, 0.15) is 11.6 Å². The van der Waals surface area contributed by atoms with Crippen molar-refractivity contribution in [2.24, 2.45) is 0 Å². The molecule has 2 aromatic heterocycles. The van der Waals surface area contributed by atoms with Crippen molar-refractivity contribution in [1.29, 1.82) is 0 Å². The maximum atomic E-state index is 12.5. The predicted octanol–water partition coefficient (Wildman–Crippen LogP) is 5.60. The highest BCUT2D eigenvalue weighted by Crippen LogP contribution is 2.28. The van der Waals surface area contributed by atoms with Crippen molar-refractivity contribution >= 4 is 16.9 Å². The predicted molar refractivity (Wildman–Crippen MR) is 102 cm³/mol. The topological polar surface area (TPSA) is 52.0 Å². The van der Waals surface area contributed by atoms with Gasteiger partial charge in [0.05, 0.1) is 5.52 Å². The fourth-order valence-corrected chi connectivity index (χ4v) is 2.79. The number of anilines is 1. The van der Waals surface area contributed by atoms with Crippen LogP contribution in [0.15, 0.2) is 67.2 Å². The molecule has 0 saturated carbocycles. The second-order valence-electron chi connectivity index (χ2n) is 6.00. The Morgan fingerprint density at radius 1 is 1.29 bits per heavy atom. The lowest BCUT2D eigenvalue weighted by Crippen LogP contribution is -2.17. The second kappa shape index (κ2) is 8.16. The number of benzene rings is 1. The number of ether oxygens (including phenoxy) is 1. The van der Waals surface area contributed by atoms with Crippen LogP contribution in [-0.2, 0) is 0 Å². The van der Waals surface area contributed by atoms with Crippen LogP contribution in [-0.4, -0.2) is 20.9 Å². The molecule has 0 unspecified atom stereocenters. The van der Waals surface area contributed by atoms with Crippen LogP contribution in [0.5, 0.6) is 5.75 Å². The zero-order chi connectivity index (χ0) is 20.1. The van der Waals surface area contributed by atoms with Gasteiger partial charge < -0.3 is 14.6 Å². The van der Waals surface area contributed by atoms with E-state index in [-0.39, 0.29) is 5.75 Å².